The zero-order valence-electron chi connectivity index (χ0n) is 10.1. The van der Waals surface area contributed by atoms with E-state index in [1.165, 1.54) is 12.1 Å². The Morgan fingerprint density at radius 2 is 1.89 bits per heavy atom. The fourth-order valence-corrected chi connectivity index (χ4v) is 1.77. The van der Waals surface area contributed by atoms with Crippen LogP contribution in [0, 0.1) is 5.82 Å². The highest BCUT2D eigenvalue weighted by atomic mass is 35.5. The van der Waals surface area contributed by atoms with Crippen LogP contribution in [0.1, 0.15) is 5.56 Å². The molecule has 0 aromatic heterocycles. The Bertz CT molecular complexity index is 570. The topological polar surface area (TPSA) is 26.3 Å². The van der Waals surface area contributed by atoms with Gasteiger partial charge in [0.05, 0.1) is 0 Å². The fourth-order valence-electron chi connectivity index (χ4n) is 1.61. The fraction of sp³-hybridized carbons (Fsp3) is 0.133. The standard InChI is InChI=1S/C15H12ClFO2/c16-12-7-6-11(15(17)9-12)8-13(18)10-19-14-4-2-1-3-5-14/h1-7,9H,8,10H2. The van der Waals surface area contributed by atoms with E-state index in [4.69, 9.17) is 16.3 Å². The van der Waals surface area contributed by atoms with Crippen LogP contribution in [0.25, 0.3) is 0 Å². The van der Waals surface area contributed by atoms with Crippen LogP contribution in [0.15, 0.2) is 48.5 Å². The Hall–Kier alpha value is -1.87. The van der Waals surface area contributed by atoms with Crippen molar-refractivity contribution in [1.29, 1.82) is 0 Å². The second-order valence-corrected chi connectivity index (χ2v) is 4.49. The summed E-state index contributed by atoms with van der Waals surface area (Å²) in [5.41, 5.74) is 0.325. The zero-order chi connectivity index (χ0) is 13.7. The van der Waals surface area contributed by atoms with Gasteiger partial charge in [0, 0.05) is 11.4 Å². The molecule has 0 spiro atoms. The van der Waals surface area contributed by atoms with Crippen molar-refractivity contribution in [2.75, 3.05) is 6.61 Å². The van der Waals surface area contributed by atoms with Crippen LogP contribution in [0.4, 0.5) is 4.39 Å². The molecule has 0 saturated carbocycles. The first-order chi connectivity index (χ1) is 9.15. The maximum atomic E-state index is 13.5. The van der Waals surface area contributed by atoms with Crippen molar-refractivity contribution in [2.24, 2.45) is 0 Å². The van der Waals surface area contributed by atoms with Crippen molar-refractivity contribution < 1.29 is 13.9 Å². The molecule has 2 rings (SSSR count). The molecule has 0 fully saturated rings. The van der Waals surface area contributed by atoms with Crippen molar-refractivity contribution in [2.45, 2.75) is 6.42 Å². The van der Waals surface area contributed by atoms with Gasteiger partial charge in [-0.15, -0.1) is 0 Å². The Morgan fingerprint density at radius 1 is 1.16 bits per heavy atom. The van der Waals surface area contributed by atoms with E-state index in [1.54, 1.807) is 18.2 Å². The number of carbonyl (C=O) groups excluding carboxylic acids is 1. The summed E-state index contributed by atoms with van der Waals surface area (Å²) in [5, 5.41) is 0.314. The zero-order valence-corrected chi connectivity index (χ0v) is 10.9. The molecule has 0 N–H and O–H groups in total. The first-order valence-corrected chi connectivity index (χ1v) is 6.16. The number of benzene rings is 2. The van der Waals surface area contributed by atoms with Crippen molar-refractivity contribution >= 4 is 17.4 Å². The highest BCUT2D eigenvalue weighted by Gasteiger charge is 2.09. The van der Waals surface area contributed by atoms with Gasteiger partial charge in [-0.1, -0.05) is 35.9 Å². The molecule has 0 aliphatic heterocycles. The number of para-hydroxylation sites is 1. The second-order valence-electron chi connectivity index (χ2n) is 4.05. The van der Waals surface area contributed by atoms with Gasteiger partial charge in [0.25, 0.3) is 0 Å². The third-order valence-electron chi connectivity index (χ3n) is 2.55. The molecular weight excluding hydrogens is 267 g/mol. The van der Waals surface area contributed by atoms with Gasteiger partial charge in [-0.05, 0) is 29.8 Å². The minimum absolute atomic E-state index is 0.00413. The van der Waals surface area contributed by atoms with Crippen LogP contribution >= 0.6 is 11.6 Å². The molecule has 0 atom stereocenters. The third kappa shape index (κ3) is 4.07. The average Bonchev–Trinajstić information content (AvgIpc) is 2.41. The summed E-state index contributed by atoms with van der Waals surface area (Å²) in [6, 6.07) is 13.3. The Labute approximate surface area is 115 Å². The molecule has 0 aliphatic carbocycles. The molecule has 0 saturated heterocycles. The summed E-state index contributed by atoms with van der Waals surface area (Å²) < 4.78 is 18.8. The maximum absolute atomic E-state index is 13.5. The van der Waals surface area contributed by atoms with Gasteiger partial charge in [0.1, 0.15) is 18.2 Å². The number of halogens is 2. The number of carbonyl (C=O) groups is 1. The number of rotatable bonds is 5. The lowest BCUT2D eigenvalue weighted by Gasteiger charge is -2.06. The van der Waals surface area contributed by atoms with Crippen molar-refractivity contribution in [1.82, 2.24) is 0 Å². The van der Waals surface area contributed by atoms with Crippen LogP contribution in [-0.4, -0.2) is 12.4 Å². The monoisotopic (exact) mass is 278 g/mol. The normalized spacial score (nSPS) is 10.2. The van der Waals surface area contributed by atoms with E-state index in [0.717, 1.165) is 0 Å². The van der Waals surface area contributed by atoms with E-state index in [1.807, 2.05) is 18.2 Å². The number of ketones is 1. The Kier molecular flexibility index (Phi) is 4.53. The molecule has 0 amide bonds. The van der Waals surface area contributed by atoms with E-state index >= 15 is 0 Å². The van der Waals surface area contributed by atoms with Crippen molar-refractivity contribution in [3.63, 3.8) is 0 Å². The SMILES string of the molecule is O=C(COc1ccccc1)Cc1ccc(Cl)cc1F. The van der Waals surface area contributed by atoms with Gasteiger partial charge in [-0.25, -0.2) is 4.39 Å². The molecular formula is C15H12ClFO2. The molecule has 0 bridgehead atoms. The van der Waals surface area contributed by atoms with Gasteiger partial charge in [0.2, 0.25) is 0 Å². The lowest BCUT2D eigenvalue weighted by molar-refractivity contribution is -0.120. The molecule has 4 heteroatoms. The first-order valence-electron chi connectivity index (χ1n) is 5.78. The molecule has 19 heavy (non-hydrogen) atoms. The van der Waals surface area contributed by atoms with E-state index in [9.17, 15) is 9.18 Å². The summed E-state index contributed by atoms with van der Waals surface area (Å²) >= 11 is 5.65. The van der Waals surface area contributed by atoms with Gasteiger partial charge in [-0.3, -0.25) is 4.79 Å². The number of Topliss-reactive ketones (excluding diaryl/α,β-unsaturated/α-hetero) is 1. The van der Waals surface area contributed by atoms with E-state index in [0.29, 0.717) is 16.3 Å². The molecule has 2 aromatic rings. The molecule has 0 radical (unpaired) electrons. The summed E-state index contributed by atoms with van der Waals surface area (Å²) in [4.78, 5) is 11.7. The minimum atomic E-state index is -0.472. The quantitative estimate of drug-likeness (QED) is 0.834. The number of ether oxygens (including phenoxy) is 1. The number of hydrogen-bond donors (Lipinski definition) is 0. The average molecular weight is 279 g/mol. The highest BCUT2D eigenvalue weighted by Crippen LogP contribution is 2.15. The molecule has 0 aliphatic rings. The van der Waals surface area contributed by atoms with Gasteiger partial charge < -0.3 is 4.74 Å². The van der Waals surface area contributed by atoms with Gasteiger partial charge in [0.15, 0.2) is 5.78 Å². The van der Waals surface area contributed by atoms with Gasteiger partial charge in [-0.2, -0.15) is 0 Å². The maximum Gasteiger partial charge on any atom is 0.174 e. The Balaban J connectivity index is 1.91. The van der Waals surface area contributed by atoms with Crippen molar-refractivity contribution in [3.05, 3.63) is 64.9 Å². The third-order valence-corrected chi connectivity index (χ3v) is 2.78. The lowest BCUT2D eigenvalue weighted by atomic mass is 10.1. The van der Waals surface area contributed by atoms with Gasteiger partial charge >= 0.3 is 0 Å². The molecule has 2 aromatic carbocycles. The van der Waals surface area contributed by atoms with Crippen LogP contribution in [0.3, 0.4) is 0 Å². The first kappa shape index (κ1) is 13.6. The minimum Gasteiger partial charge on any atom is -0.486 e. The predicted octanol–water partition coefficient (Wildman–Crippen LogP) is 3.67. The smallest absolute Gasteiger partial charge is 0.174 e. The van der Waals surface area contributed by atoms with Crippen LogP contribution in [0.5, 0.6) is 5.75 Å². The molecule has 2 nitrogen and oxygen atoms in total. The predicted molar refractivity (Wildman–Crippen MR) is 72.1 cm³/mol. The molecule has 0 heterocycles. The number of hydrogen-bond acceptors (Lipinski definition) is 2. The highest BCUT2D eigenvalue weighted by molar-refractivity contribution is 6.30. The second kappa shape index (κ2) is 6.34. The van der Waals surface area contributed by atoms with Crippen molar-refractivity contribution in [3.8, 4) is 5.75 Å². The summed E-state index contributed by atoms with van der Waals surface area (Å²) in [6.45, 7) is -0.0773. The van der Waals surface area contributed by atoms with E-state index < -0.39 is 5.82 Å². The van der Waals surface area contributed by atoms with Crippen LogP contribution in [0.2, 0.25) is 5.02 Å². The lowest BCUT2D eigenvalue weighted by Crippen LogP contribution is -2.14. The van der Waals surface area contributed by atoms with E-state index in [2.05, 4.69) is 0 Å². The summed E-state index contributed by atoms with van der Waals surface area (Å²) in [5.74, 6) is -0.0435. The van der Waals surface area contributed by atoms with E-state index in [-0.39, 0.29) is 18.8 Å². The molecule has 0 unspecified atom stereocenters. The molecule has 98 valence electrons. The van der Waals surface area contributed by atoms with Crippen LogP contribution < -0.4 is 4.74 Å². The Morgan fingerprint density at radius 3 is 2.58 bits per heavy atom. The summed E-state index contributed by atoms with van der Waals surface area (Å²) in [6.07, 6.45) is -0.00413. The summed E-state index contributed by atoms with van der Waals surface area (Å²) in [7, 11) is 0. The largest absolute Gasteiger partial charge is 0.486 e. The van der Waals surface area contributed by atoms with Crippen LogP contribution in [-0.2, 0) is 11.2 Å².